The molecule has 2 rings (SSSR count). The van der Waals surface area contributed by atoms with E-state index in [1.807, 2.05) is 19.2 Å². The molecule has 0 aromatic carbocycles. The molecule has 1 fully saturated rings. The third-order valence-electron chi connectivity index (χ3n) is 3.38. The first kappa shape index (κ1) is 12.2. The Bertz CT molecular complexity index is 381. The molecule has 2 heterocycles. The zero-order chi connectivity index (χ0) is 12.4. The zero-order valence-electron chi connectivity index (χ0n) is 11.0. The van der Waals surface area contributed by atoms with E-state index in [0.717, 1.165) is 43.2 Å². The topological polar surface area (TPSA) is 45.4 Å². The maximum absolute atomic E-state index is 6.03. The number of rotatable bonds is 2. The van der Waals surface area contributed by atoms with Crippen molar-refractivity contribution in [3.8, 4) is 0 Å². The van der Waals surface area contributed by atoms with Gasteiger partial charge in [0.1, 0.15) is 0 Å². The third kappa shape index (κ3) is 2.69. The summed E-state index contributed by atoms with van der Waals surface area (Å²) < 4.78 is 0. The van der Waals surface area contributed by atoms with Crippen molar-refractivity contribution in [2.24, 2.45) is 0 Å². The van der Waals surface area contributed by atoms with E-state index in [1.165, 1.54) is 0 Å². The molecule has 4 heteroatoms. The number of aromatic nitrogens is 1. The summed E-state index contributed by atoms with van der Waals surface area (Å²) in [5, 5.41) is 0. The van der Waals surface area contributed by atoms with Crippen LogP contribution in [-0.4, -0.2) is 42.1 Å². The number of nitrogens with two attached hydrogens (primary N) is 1. The molecule has 1 saturated heterocycles. The fourth-order valence-electron chi connectivity index (χ4n) is 2.30. The SMILES string of the molecule is Cc1cnc(N2CCN(C(C)C)CC2)c(N)c1. The number of hydrogen-bond donors (Lipinski definition) is 1. The van der Waals surface area contributed by atoms with Crippen LogP contribution in [0.5, 0.6) is 0 Å². The van der Waals surface area contributed by atoms with E-state index in [2.05, 4.69) is 28.6 Å². The van der Waals surface area contributed by atoms with Gasteiger partial charge >= 0.3 is 0 Å². The van der Waals surface area contributed by atoms with Gasteiger partial charge in [0.15, 0.2) is 5.82 Å². The Morgan fingerprint density at radius 2 is 1.88 bits per heavy atom. The molecule has 1 aromatic heterocycles. The molecule has 0 amide bonds. The molecule has 0 radical (unpaired) electrons. The Hall–Kier alpha value is -1.29. The Morgan fingerprint density at radius 1 is 1.24 bits per heavy atom. The van der Waals surface area contributed by atoms with Crippen LogP contribution in [0.3, 0.4) is 0 Å². The summed E-state index contributed by atoms with van der Waals surface area (Å²) in [4.78, 5) is 9.23. The van der Waals surface area contributed by atoms with Crippen LogP contribution in [0.15, 0.2) is 12.3 Å². The Labute approximate surface area is 103 Å². The molecule has 0 unspecified atom stereocenters. The lowest BCUT2D eigenvalue weighted by Crippen LogP contribution is -2.49. The van der Waals surface area contributed by atoms with Gasteiger partial charge in [0, 0.05) is 38.4 Å². The highest BCUT2D eigenvalue weighted by atomic mass is 15.3. The molecule has 1 aliphatic heterocycles. The van der Waals surface area contributed by atoms with Gasteiger partial charge in [-0.1, -0.05) is 0 Å². The summed E-state index contributed by atoms with van der Waals surface area (Å²) in [5.41, 5.74) is 7.94. The van der Waals surface area contributed by atoms with Crippen molar-refractivity contribution < 1.29 is 0 Å². The average molecular weight is 234 g/mol. The third-order valence-corrected chi connectivity index (χ3v) is 3.38. The van der Waals surface area contributed by atoms with Crippen molar-refractivity contribution in [2.75, 3.05) is 36.8 Å². The average Bonchev–Trinajstić information content (AvgIpc) is 2.29. The van der Waals surface area contributed by atoms with Gasteiger partial charge in [0.25, 0.3) is 0 Å². The Morgan fingerprint density at radius 3 is 2.41 bits per heavy atom. The van der Waals surface area contributed by atoms with Gasteiger partial charge in [-0.3, -0.25) is 4.90 Å². The normalized spacial score (nSPS) is 17.8. The minimum atomic E-state index is 0.625. The number of nitrogens with zero attached hydrogens (tertiary/aromatic N) is 3. The van der Waals surface area contributed by atoms with Crippen molar-refractivity contribution >= 4 is 11.5 Å². The molecule has 0 atom stereocenters. The number of aryl methyl sites for hydroxylation is 1. The largest absolute Gasteiger partial charge is 0.396 e. The molecule has 2 N–H and O–H groups in total. The fourth-order valence-corrected chi connectivity index (χ4v) is 2.30. The van der Waals surface area contributed by atoms with E-state index < -0.39 is 0 Å². The molecule has 0 spiro atoms. The van der Waals surface area contributed by atoms with Crippen molar-refractivity contribution in [3.63, 3.8) is 0 Å². The smallest absolute Gasteiger partial charge is 0.151 e. The summed E-state index contributed by atoms with van der Waals surface area (Å²) in [6.45, 7) is 10.7. The van der Waals surface area contributed by atoms with E-state index in [0.29, 0.717) is 6.04 Å². The van der Waals surface area contributed by atoms with Gasteiger partial charge in [-0.25, -0.2) is 4.98 Å². The molecular weight excluding hydrogens is 212 g/mol. The molecular formula is C13H22N4. The van der Waals surface area contributed by atoms with E-state index in [-0.39, 0.29) is 0 Å². The molecule has 0 saturated carbocycles. The van der Waals surface area contributed by atoms with Gasteiger partial charge in [-0.15, -0.1) is 0 Å². The van der Waals surface area contributed by atoms with Crippen LogP contribution >= 0.6 is 0 Å². The summed E-state index contributed by atoms with van der Waals surface area (Å²) in [6, 6.07) is 2.62. The number of anilines is 2. The van der Waals surface area contributed by atoms with Gasteiger partial charge < -0.3 is 10.6 Å². The highest BCUT2D eigenvalue weighted by molar-refractivity contribution is 5.63. The van der Waals surface area contributed by atoms with Gasteiger partial charge in [0.2, 0.25) is 0 Å². The molecule has 4 nitrogen and oxygen atoms in total. The lowest BCUT2D eigenvalue weighted by atomic mass is 10.2. The highest BCUT2D eigenvalue weighted by Gasteiger charge is 2.20. The van der Waals surface area contributed by atoms with E-state index in [4.69, 9.17) is 5.73 Å². The quantitative estimate of drug-likeness (QED) is 0.842. The lowest BCUT2D eigenvalue weighted by molar-refractivity contribution is 0.209. The van der Waals surface area contributed by atoms with E-state index in [1.54, 1.807) is 0 Å². The molecule has 17 heavy (non-hydrogen) atoms. The summed E-state index contributed by atoms with van der Waals surface area (Å²) in [7, 11) is 0. The molecule has 1 aliphatic rings. The Balaban J connectivity index is 2.05. The van der Waals surface area contributed by atoms with Crippen molar-refractivity contribution in [3.05, 3.63) is 17.8 Å². The first-order valence-electron chi connectivity index (χ1n) is 6.29. The molecule has 0 aliphatic carbocycles. The second-order valence-electron chi connectivity index (χ2n) is 5.04. The lowest BCUT2D eigenvalue weighted by Gasteiger charge is -2.37. The summed E-state index contributed by atoms with van der Waals surface area (Å²) in [5.74, 6) is 0.944. The molecule has 0 bridgehead atoms. The maximum atomic E-state index is 6.03. The van der Waals surface area contributed by atoms with E-state index >= 15 is 0 Å². The first-order chi connectivity index (χ1) is 8.08. The van der Waals surface area contributed by atoms with Crippen molar-refractivity contribution in [1.82, 2.24) is 9.88 Å². The van der Waals surface area contributed by atoms with Gasteiger partial charge in [0.05, 0.1) is 5.69 Å². The Kier molecular flexibility index (Phi) is 3.52. The minimum Gasteiger partial charge on any atom is -0.396 e. The van der Waals surface area contributed by atoms with Gasteiger partial charge in [-0.05, 0) is 32.4 Å². The number of nitrogen functional groups attached to an aromatic ring is 1. The van der Waals surface area contributed by atoms with Crippen LogP contribution in [0, 0.1) is 6.92 Å². The van der Waals surface area contributed by atoms with Crippen LogP contribution in [0.2, 0.25) is 0 Å². The number of hydrogen-bond acceptors (Lipinski definition) is 4. The predicted molar refractivity (Wildman–Crippen MR) is 72.3 cm³/mol. The molecule has 94 valence electrons. The number of piperazine rings is 1. The summed E-state index contributed by atoms with van der Waals surface area (Å²) >= 11 is 0. The van der Waals surface area contributed by atoms with Crippen molar-refractivity contribution in [2.45, 2.75) is 26.8 Å². The maximum Gasteiger partial charge on any atom is 0.151 e. The van der Waals surface area contributed by atoms with Crippen LogP contribution in [-0.2, 0) is 0 Å². The van der Waals surface area contributed by atoms with E-state index in [9.17, 15) is 0 Å². The second kappa shape index (κ2) is 4.92. The zero-order valence-corrected chi connectivity index (χ0v) is 11.0. The van der Waals surface area contributed by atoms with Crippen molar-refractivity contribution in [1.29, 1.82) is 0 Å². The fraction of sp³-hybridized carbons (Fsp3) is 0.615. The monoisotopic (exact) mass is 234 g/mol. The van der Waals surface area contributed by atoms with Crippen LogP contribution in [0.1, 0.15) is 19.4 Å². The molecule has 1 aromatic rings. The van der Waals surface area contributed by atoms with Crippen LogP contribution < -0.4 is 10.6 Å². The minimum absolute atomic E-state index is 0.625. The van der Waals surface area contributed by atoms with Crippen LogP contribution in [0.25, 0.3) is 0 Å². The predicted octanol–water partition coefficient (Wildman–Crippen LogP) is 1.50. The van der Waals surface area contributed by atoms with Crippen LogP contribution in [0.4, 0.5) is 11.5 Å². The summed E-state index contributed by atoms with van der Waals surface area (Å²) in [6.07, 6.45) is 1.89. The number of pyridine rings is 1. The standard InChI is InChI=1S/C13H22N4/c1-10(2)16-4-6-17(7-5-16)13-12(14)8-11(3)9-15-13/h8-10H,4-7,14H2,1-3H3. The second-order valence-corrected chi connectivity index (χ2v) is 5.04. The highest BCUT2D eigenvalue weighted by Crippen LogP contribution is 2.22. The van der Waals surface area contributed by atoms with Gasteiger partial charge in [-0.2, -0.15) is 0 Å². The first-order valence-corrected chi connectivity index (χ1v) is 6.29.